The highest BCUT2D eigenvalue weighted by Gasteiger charge is 2.69. The Bertz CT molecular complexity index is 1210. The average molecular weight is 521 g/mol. The third-order valence-electron chi connectivity index (χ3n) is 13.7. The lowest BCUT2D eigenvalue weighted by Gasteiger charge is -2.70. The van der Waals surface area contributed by atoms with Gasteiger partial charge in [-0.25, -0.2) is 0 Å². The van der Waals surface area contributed by atoms with Crippen molar-refractivity contribution in [3.63, 3.8) is 0 Å². The molecule has 0 bridgehead atoms. The standard InChI is InChI=1S/C33H52N4O/c1-28(2)14-16-33(27(38)37(8)9)17-15-31(6)21(22(33)19-28)10-11-24-30(5)18-20-25(35-36-26(20)34)29(3,4)23(30)12-13-32(24,31)7/h10,22-24H,11-19H2,1-9H3,(H3,34,35,36)/t22?,23?,24?,30-,31+,32+,33-/m0/s1. The third kappa shape index (κ3) is 3.05. The van der Waals surface area contributed by atoms with Crippen LogP contribution in [0.4, 0.5) is 5.82 Å². The van der Waals surface area contributed by atoms with E-state index in [0.717, 1.165) is 50.8 Å². The van der Waals surface area contributed by atoms with Crippen molar-refractivity contribution >= 4 is 11.7 Å². The van der Waals surface area contributed by atoms with E-state index in [-0.39, 0.29) is 32.5 Å². The number of allylic oxidation sites excluding steroid dienone is 2. The fourth-order valence-corrected chi connectivity index (χ4v) is 11.5. The molecule has 5 nitrogen and oxygen atoms in total. The molecular formula is C33H52N4O. The number of hydrogen-bond donors (Lipinski definition) is 2. The minimum atomic E-state index is -0.221. The molecule has 5 heteroatoms. The summed E-state index contributed by atoms with van der Waals surface area (Å²) in [7, 11) is 3.94. The number of nitrogens with two attached hydrogens (primary N) is 1. The molecule has 3 fully saturated rings. The van der Waals surface area contributed by atoms with Crippen LogP contribution in [0.15, 0.2) is 11.6 Å². The van der Waals surface area contributed by atoms with Crippen molar-refractivity contribution in [2.24, 2.45) is 44.8 Å². The maximum Gasteiger partial charge on any atom is 0.228 e. The van der Waals surface area contributed by atoms with Crippen LogP contribution in [0.1, 0.15) is 111 Å². The molecule has 0 aromatic carbocycles. The van der Waals surface area contributed by atoms with E-state index < -0.39 is 0 Å². The van der Waals surface area contributed by atoms with Crippen molar-refractivity contribution in [1.29, 1.82) is 0 Å². The van der Waals surface area contributed by atoms with E-state index in [1.165, 1.54) is 24.1 Å². The van der Waals surface area contributed by atoms with Gasteiger partial charge in [-0.3, -0.25) is 9.89 Å². The van der Waals surface area contributed by atoms with Crippen molar-refractivity contribution in [2.45, 2.75) is 112 Å². The zero-order valence-corrected chi connectivity index (χ0v) is 25.6. The molecule has 38 heavy (non-hydrogen) atoms. The van der Waals surface area contributed by atoms with E-state index in [1.807, 2.05) is 19.0 Å². The highest BCUT2D eigenvalue weighted by atomic mass is 16.2. The maximum absolute atomic E-state index is 13.9. The van der Waals surface area contributed by atoms with Gasteiger partial charge in [0.25, 0.3) is 0 Å². The van der Waals surface area contributed by atoms with Gasteiger partial charge < -0.3 is 10.6 Å². The fourth-order valence-electron chi connectivity index (χ4n) is 11.5. The zero-order chi connectivity index (χ0) is 27.7. The van der Waals surface area contributed by atoms with Crippen LogP contribution in [0.25, 0.3) is 0 Å². The average Bonchev–Trinajstić information content (AvgIpc) is 3.19. The number of nitrogen functional groups attached to an aromatic ring is 1. The van der Waals surface area contributed by atoms with E-state index in [1.54, 1.807) is 5.57 Å². The number of amides is 1. The Morgan fingerprint density at radius 1 is 1.00 bits per heavy atom. The SMILES string of the molecule is CN(C)C(=O)[C@]12CCC(C)(C)CC1C1=CCC3[C@@]4(C)Cc5c(n[nH]c5N)C(C)(C)C4CC[C@@]3(C)[C@]1(C)CC2. The molecule has 1 aromatic rings. The number of aromatic nitrogens is 2. The van der Waals surface area contributed by atoms with Crippen LogP contribution in [0.3, 0.4) is 0 Å². The Morgan fingerprint density at radius 3 is 2.37 bits per heavy atom. The van der Waals surface area contributed by atoms with Gasteiger partial charge >= 0.3 is 0 Å². The van der Waals surface area contributed by atoms with Crippen LogP contribution < -0.4 is 5.73 Å². The van der Waals surface area contributed by atoms with E-state index in [4.69, 9.17) is 10.8 Å². The fraction of sp³-hybridized carbons (Fsp3) is 0.818. The number of hydrogen-bond acceptors (Lipinski definition) is 3. The summed E-state index contributed by atoms with van der Waals surface area (Å²) in [5.74, 6) is 2.70. The van der Waals surface area contributed by atoms with Gasteiger partial charge in [-0.15, -0.1) is 0 Å². The lowest BCUT2D eigenvalue weighted by Crippen LogP contribution is -2.65. The molecule has 1 amide bonds. The van der Waals surface area contributed by atoms with Crippen LogP contribution in [-0.4, -0.2) is 35.1 Å². The monoisotopic (exact) mass is 520 g/mol. The Hall–Kier alpha value is -1.78. The summed E-state index contributed by atoms with van der Waals surface area (Å²) in [6, 6.07) is 0. The largest absolute Gasteiger partial charge is 0.384 e. The molecule has 5 aliphatic carbocycles. The molecule has 5 aliphatic rings. The second kappa shape index (κ2) is 7.69. The Morgan fingerprint density at radius 2 is 1.68 bits per heavy atom. The molecule has 0 aliphatic heterocycles. The highest BCUT2D eigenvalue weighted by Crippen LogP contribution is 2.75. The van der Waals surface area contributed by atoms with E-state index in [2.05, 4.69) is 59.6 Å². The number of H-pyrrole nitrogens is 1. The number of carbonyl (C=O) groups excluding carboxylic acids is 1. The second-order valence-electron chi connectivity index (χ2n) is 16.4. The summed E-state index contributed by atoms with van der Waals surface area (Å²) in [4.78, 5) is 15.8. The number of nitrogens with zero attached hydrogens (tertiary/aromatic N) is 2. The molecule has 3 N–H and O–H groups in total. The number of nitrogens with one attached hydrogen (secondary N) is 1. The maximum atomic E-state index is 13.9. The summed E-state index contributed by atoms with van der Waals surface area (Å²) >= 11 is 0. The molecule has 0 saturated heterocycles. The quantitative estimate of drug-likeness (QED) is 0.396. The predicted molar refractivity (Wildman–Crippen MR) is 154 cm³/mol. The van der Waals surface area contributed by atoms with Gasteiger partial charge in [0.05, 0.1) is 11.1 Å². The van der Waals surface area contributed by atoms with Crippen LogP contribution >= 0.6 is 0 Å². The van der Waals surface area contributed by atoms with Crippen LogP contribution in [0.5, 0.6) is 0 Å². The Kier molecular flexibility index (Phi) is 5.35. The van der Waals surface area contributed by atoms with E-state index >= 15 is 0 Å². The molecule has 0 radical (unpaired) electrons. The first-order chi connectivity index (χ1) is 17.5. The Balaban J connectivity index is 1.47. The van der Waals surface area contributed by atoms with Crippen molar-refractivity contribution in [1.82, 2.24) is 15.1 Å². The lowest BCUT2D eigenvalue weighted by atomic mass is 9.33. The van der Waals surface area contributed by atoms with E-state index in [9.17, 15) is 4.79 Å². The number of rotatable bonds is 1. The van der Waals surface area contributed by atoms with Gasteiger partial charge in [0.1, 0.15) is 5.82 Å². The summed E-state index contributed by atoms with van der Waals surface area (Å²) in [6.45, 7) is 17.5. The van der Waals surface area contributed by atoms with Crippen molar-refractivity contribution in [3.8, 4) is 0 Å². The van der Waals surface area contributed by atoms with Gasteiger partial charge in [-0.2, -0.15) is 5.10 Å². The third-order valence-corrected chi connectivity index (χ3v) is 13.7. The van der Waals surface area contributed by atoms with Crippen LogP contribution in [-0.2, 0) is 16.6 Å². The normalized spacial score (nSPS) is 44.4. The number of carbonyl (C=O) groups is 1. The van der Waals surface area contributed by atoms with Gasteiger partial charge in [-0.1, -0.05) is 60.1 Å². The van der Waals surface area contributed by atoms with Gasteiger partial charge in [0.15, 0.2) is 0 Å². The summed E-state index contributed by atoms with van der Waals surface area (Å²) in [5.41, 5.74) is 11.2. The molecule has 210 valence electrons. The number of anilines is 1. The van der Waals surface area contributed by atoms with Crippen molar-refractivity contribution in [2.75, 3.05) is 19.8 Å². The van der Waals surface area contributed by atoms with Crippen LogP contribution in [0.2, 0.25) is 0 Å². The highest BCUT2D eigenvalue weighted by molar-refractivity contribution is 5.84. The summed E-state index contributed by atoms with van der Waals surface area (Å²) < 4.78 is 0. The minimum absolute atomic E-state index is 0.00984. The molecule has 7 atom stereocenters. The van der Waals surface area contributed by atoms with Crippen molar-refractivity contribution in [3.05, 3.63) is 22.9 Å². The Labute approximate surface area is 230 Å². The summed E-state index contributed by atoms with van der Waals surface area (Å²) in [6.07, 6.45) is 12.8. The van der Waals surface area contributed by atoms with Gasteiger partial charge in [0.2, 0.25) is 5.91 Å². The number of aromatic amines is 1. The molecule has 3 saturated carbocycles. The van der Waals surface area contributed by atoms with Gasteiger partial charge in [0, 0.05) is 25.1 Å². The molecular weight excluding hydrogens is 468 g/mol. The van der Waals surface area contributed by atoms with Gasteiger partial charge in [-0.05, 0) is 97.2 Å². The first kappa shape index (κ1) is 26.4. The number of fused-ring (bicyclic) bond motifs is 8. The molecule has 0 spiro atoms. The first-order valence-corrected chi connectivity index (χ1v) is 15.3. The molecule has 6 rings (SSSR count). The predicted octanol–water partition coefficient (Wildman–Crippen LogP) is 6.90. The smallest absolute Gasteiger partial charge is 0.228 e. The minimum Gasteiger partial charge on any atom is -0.384 e. The first-order valence-electron chi connectivity index (χ1n) is 15.3. The lowest BCUT2D eigenvalue weighted by molar-refractivity contribution is -0.171. The summed E-state index contributed by atoms with van der Waals surface area (Å²) in [5, 5.41) is 7.87. The van der Waals surface area contributed by atoms with Crippen LogP contribution in [0, 0.1) is 44.8 Å². The van der Waals surface area contributed by atoms with E-state index in [0.29, 0.717) is 23.7 Å². The topological polar surface area (TPSA) is 75.0 Å². The molecule has 3 unspecified atom stereocenters. The second-order valence-corrected chi connectivity index (χ2v) is 16.4. The van der Waals surface area contributed by atoms with Crippen molar-refractivity contribution < 1.29 is 4.79 Å². The molecule has 1 heterocycles. The molecule has 1 aromatic heterocycles. The zero-order valence-electron chi connectivity index (χ0n) is 25.6.